The molecule has 1 aliphatic carbocycles. The van der Waals surface area contributed by atoms with Crippen LogP contribution in [0.15, 0.2) is 18.2 Å². The minimum absolute atomic E-state index is 0.229. The number of anilines is 1. The first-order valence-electron chi connectivity index (χ1n) is 9.38. The van der Waals surface area contributed by atoms with Crippen LogP contribution in [0.3, 0.4) is 0 Å². The largest absolute Gasteiger partial charge is 0.370 e. The van der Waals surface area contributed by atoms with Crippen LogP contribution in [0.2, 0.25) is 0 Å². The van der Waals surface area contributed by atoms with Crippen LogP contribution in [0.4, 0.5) is 5.82 Å². The number of carbonyl (C=O) groups is 1. The molecule has 1 aromatic rings. The van der Waals surface area contributed by atoms with Crippen LogP contribution in [-0.2, 0) is 4.79 Å². The summed E-state index contributed by atoms with van der Waals surface area (Å²) in [7, 11) is 0. The molecule has 2 fully saturated rings. The van der Waals surface area contributed by atoms with Gasteiger partial charge in [0, 0.05) is 37.8 Å². The van der Waals surface area contributed by atoms with Gasteiger partial charge in [-0.25, -0.2) is 4.98 Å². The lowest BCUT2D eigenvalue weighted by molar-refractivity contribution is -0.122. The number of likely N-dealkylation sites (tertiary alicyclic amines) is 1. The molecule has 5 heteroatoms. The number of carbonyl (C=O) groups excluding carboxylic acids is 1. The fourth-order valence-corrected chi connectivity index (χ4v) is 3.80. The number of amides is 1. The zero-order chi connectivity index (χ0) is 16.8. The highest BCUT2D eigenvalue weighted by atomic mass is 16.1. The number of rotatable bonds is 7. The molecular formula is C19H30N4O. The molecule has 1 aliphatic heterocycles. The minimum atomic E-state index is 0.229. The number of hydrogen-bond donors (Lipinski definition) is 2. The van der Waals surface area contributed by atoms with E-state index < -0.39 is 0 Å². The van der Waals surface area contributed by atoms with Crippen LogP contribution in [-0.4, -0.2) is 48.0 Å². The van der Waals surface area contributed by atoms with E-state index in [1.54, 1.807) is 0 Å². The molecule has 0 aromatic carbocycles. The molecule has 1 aromatic heterocycles. The number of hydrogen-bond acceptors (Lipinski definition) is 4. The van der Waals surface area contributed by atoms with E-state index in [4.69, 9.17) is 0 Å². The van der Waals surface area contributed by atoms with Gasteiger partial charge in [-0.15, -0.1) is 0 Å². The lowest BCUT2D eigenvalue weighted by atomic mass is 10.1. The first-order chi connectivity index (χ1) is 11.7. The van der Waals surface area contributed by atoms with Gasteiger partial charge in [-0.3, -0.25) is 4.79 Å². The molecule has 132 valence electrons. The number of aromatic nitrogens is 1. The highest BCUT2D eigenvalue weighted by molar-refractivity contribution is 5.76. The molecule has 0 unspecified atom stereocenters. The average molecular weight is 330 g/mol. The van der Waals surface area contributed by atoms with Crippen molar-refractivity contribution in [2.45, 2.75) is 51.5 Å². The third-order valence-corrected chi connectivity index (χ3v) is 5.21. The van der Waals surface area contributed by atoms with Crippen LogP contribution in [0.1, 0.15) is 44.2 Å². The summed E-state index contributed by atoms with van der Waals surface area (Å²) >= 11 is 0. The third kappa shape index (κ3) is 5.20. The smallest absolute Gasteiger partial charge is 0.221 e. The monoisotopic (exact) mass is 330 g/mol. The molecule has 2 N–H and O–H groups in total. The molecule has 0 bridgehead atoms. The maximum absolute atomic E-state index is 12.0. The van der Waals surface area contributed by atoms with Crippen LogP contribution in [0.25, 0.3) is 0 Å². The van der Waals surface area contributed by atoms with E-state index in [0.29, 0.717) is 18.4 Å². The Morgan fingerprint density at radius 3 is 2.92 bits per heavy atom. The maximum Gasteiger partial charge on any atom is 0.221 e. The molecule has 24 heavy (non-hydrogen) atoms. The van der Waals surface area contributed by atoms with Crippen LogP contribution >= 0.6 is 0 Å². The Morgan fingerprint density at radius 1 is 1.29 bits per heavy atom. The molecule has 1 amide bonds. The van der Waals surface area contributed by atoms with Crippen LogP contribution < -0.4 is 10.6 Å². The second-order valence-electron chi connectivity index (χ2n) is 7.30. The molecule has 2 aliphatic rings. The second-order valence-corrected chi connectivity index (χ2v) is 7.30. The molecule has 1 saturated carbocycles. The third-order valence-electron chi connectivity index (χ3n) is 5.21. The summed E-state index contributed by atoms with van der Waals surface area (Å²) in [6.45, 7) is 6.04. The van der Waals surface area contributed by atoms with Crippen LogP contribution in [0, 0.1) is 12.8 Å². The quantitative estimate of drug-likeness (QED) is 0.807. The lowest BCUT2D eigenvalue weighted by Crippen LogP contribution is -2.35. The van der Waals surface area contributed by atoms with Crippen molar-refractivity contribution in [3.05, 3.63) is 23.9 Å². The number of aryl methyl sites for hydroxylation is 1. The van der Waals surface area contributed by atoms with Gasteiger partial charge in [0.25, 0.3) is 0 Å². The Morgan fingerprint density at radius 2 is 2.12 bits per heavy atom. The molecule has 3 rings (SSSR count). The van der Waals surface area contributed by atoms with Crippen LogP contribution in [0.5, 0.6) is 0 Å². The van der Waals surface area contributed by atoms with Gasteiger partial charge in [-0.2, -0.15) is 0 Å². The summed E-state index contributed by atoms with van der Waals surface area (Å²) in [5.74, 6) is 1.84. The average Bonchev–Trinajstić information content (AvgIpc) is 3.23. The van der Waals surface area contributed by atoms with Crippen molar-refractivity contribution in [2.75, 3.05) is 31.5 Å². The number of nitrogens with zero attached hydrogens (tertiary/aromatic N) is 2. The van der Waals surface area contributed by atoms with E-state index in [1.165, 1.54) is 19.3 Å². The SMILES string of the molecule is Cc1cccc(NC[C@@H]2CCN(CCC(=O)NC3CCCC3)C2)n1. The van der Waals surface area contributed by atoms with Gasteiger partial charge in [0.2, 0.25) is 5.91 Å². The van der Waals surface area contributed by atoms with Gasteiger partial charge >= 0.3 is 0 Å². The highest BCUT2D eigenvalue weighted by Crippen LogP contribution is 2.19. The molecule has 1 atom stereocenters. The van der Waals surface area contributed by atoms with Crippen molar-refractivity contribution >= 4 is 11.7 Å². The van der Waals surface area contributed by atoms with Gasteiger partial charge in [0.05, 0.1) is 0 Å². The molecule has 1 saturated heterocycles. The normalized spacial score (nSPS) is 22.0. The van der Waals surface area contributed by atoms with Gasteiger partial charge in [-0.1, -0.05) is 18.9 Å². The molecule has 0 spiro atoms. The summed E-state index contributed by atoms with van der Waals surface area (Å²) < 4.78 is 0. The molecule has 5 nitrogen and oxygen atoms in total. The van der Waals surface area contributed by atoms with Crippen molar-refractivity contribution in [1.29, 1.82) is 0 Å². The second kappa shape index (κ2) is 8.47. The number of nitrogens with one attached hydrogen (secondary N) is 2. The highest BCUT2D eigenvalue weighted by Gasteiger charge is 2.23. The van der Waals surface area contributed by atoms with Gasteiger partial charge in [0.15, 0.2) is 0 Å². The first kappa shape index (κ1) is 17.2. The van der Waals surface area contributed by atoms with E-state index in [2.05, 4.69) is 20.5 Å². The van der Waals surface area contributed by atoms with E-state index in [1.807, 2.05) is 25.1 Å². The van der Waals surface area contributed by atoms with E-state index >= 15 is 0 Å². The maximum atomic E-state index is 12.0. The standard InChI is InChI=1S/C19H30N4O/c1-15-5-4-8-18(21-15)20-13-16-9-11-23(14-16)12-10-19(24)22-17-6-2-3-7-17/h4-5,8,16-17H,2-3,6-7,9-14H2,1H3,(H,20,21)(H,22,24)/t16-/m0/s1. The molecule has 2 heterocycles. The van der Waals surface area contributed by atoms with Gasteiger partial charge in [0.1, 0.15) is 5.82 Å². The first-order valence-corrected chi connectivity index (χ1v) is 9.38. The van der Waals surface area contributed by atoms with Crippen molar-refractivity contribution in [3.63, 3.8) is 0 Å². The van der Waals surface area contributed by atoms with Gasteiger partial charge in [-0.05, 0) is 50.8 Å². The van der Waals surface area contributed by atoms with Crippen molar-refractivity contribution < 1.29 is 4.79 Å². The predicted molar refractivity (Wildman–Crippen MR) is 97.0 cm³/mol. The summed E-state index contributed by atoms with van der Waals surface area (Å²) in [4.78, 5) is 18.9. The summed E-state index contributed by atoms with van der Waals surface area (Å²) in [5, 5.41) is 6.62. The predicted octanol–water partition coefficient (Wildman–Crippen LogP) is 2.57. The number of pyridine rings is 1. The van der Waals surface area contributed by atoms with Gasteiger partial charge < -0.3 is 15.5 Å². The Bertz CT molecular complexity index is 542. The molecule has 0 radical (unpaired) electrons. The Labute approximate surface area is 145 Å². The zero-order valence-corrected chi connectivity index (χ0v) is 14.8. The Kier molecular flexibility index (Phi) is 6.07. The van der Waals surface area contributed by atoms with E-state index in [0.717, 1.165) is 50.5 Å². The Hall–Kier alpha value is -1.62. The fourth-order valence-electron chi connectivity index (χ4n) is 3.80. The fraction of sp³-hybridized carbons (Fsp3) is 0.684. The van der Waals surface area contributed by atoms with E-state index in [9.17, 15) is 4.79 Å². The summed E-state index contributed by atoms with van der Waals surface area (Å²) in [6.07, 6.45) is 6.69. The lowest BCUT2D eigenvalue weighted by Gasteiger charge is -2.17. The summed E-state index contributed by atoms with van der Waals surface area (Å²) in [5.41, 5.74) is 1.04. The van der Waals surface area contributed by atoms with E-state index in [-0.39, 0.29) is 5.91 Å². The summed E-state index contributed by atoms with van der Waals surface area (Å²) in [6, 6.07) is 6.51. The van der Waals surface area contributed by atoms with Crippen molar-refractivity contribution in [2.24, 2.45) is 5.92 Å². The Balaban J connectivity index is 1.32. The van der Waals surface area contributed by atoms with Crippen molar-refractivity contribution in [3.8, 4) is 0 Å². The van der Waals surface area contributed by atoms with Crippen molar-refractivity contribution in [1.82, 2.24) is 15.2 Å². The minimum Gasteiger partial charge on any atom is -0.370 e. The topological polar surface area (TPSA) is 57.3 Å². The molecular weight excluding hydrogens is 300 g/mol. The zero-order valence-electron chi connectivity index (χ0n) is 14.8.